The lowest BCUT2D eigenvalue weighted by Gasteiger charge is -2.35. The van der Waals surface area contributed by atoms with Crippen molar-refractivity contribution in [3.63, 3.8) is 0 Å². The summed E-state index contributed by atoms with van der Waals surface area (Å²) in [5, 5.41) is 16.3. The molecule has 1 amide bonds. The number of aliphatic imine (C=N–C) groups is 1. The van der Waals surface area contributed by atoms with E-state index in [1.807, 2.05) is 26.0 Å². The first kappa shape index (κ1) is 40.9. The minimum absolute atomic E-state index is 0.0280. The number of aliphatic hydroxyl groups excluding tert-OH is 1. The van der Waals surface area contributed by atoms with Crippen molar-refractivity contribution in [1.82, 2.24) is 15.5 Å². The first-order chi connectivity index (χ1) is 21.3. The lowest BCUT2D eigenvalue weighted by atomic mass is 9.75. The predicted octanol–water partition coefficient (Wildman–Crippen LogP) is 8.00. The summed E-state index contributed by atoms with van der Waals surface area (Å²) < 4.78 is 0. The zero-order chi connectivity index (χ0) is 33.9. The Morgan fingerprint density at radius 3 is 2.18 bits per heavy atom. The van der Waals surface area contributed by atoms with E-state index in [9.17, 15) is 9.59 Å². The molecule has 8 heteroatoms. The van der Waals surface area contributed by atoms with Crippen LogP contribution in [0.3, 0.4) is 0 Å². The van der Waals surface area contributed by atoms with Gasteiger partial charge in [0.2, 0.25) is 5.91 Å². The van der Waals surface area contributed by atoms with Crippen LogP contribution in [-0.4, -0.2) is 67.0 Å². The van der Waals surface area contributed by atoms with Gasteiger partial charge in [-0.1, -0.05) is 91.0 Å². The van der Waals surface area contributed by atoms with Gasteiger partial charge in [0.25, 0.3) is 0 Å². The molecule has 2 heterocycles. The molecular formula is C37H65ClN4O3. The van der Waals surface area contributed by atoms with Crippen molar-refractivity contribution < 1.29 is 14.7 Å². The van der Waals surface area contributed by atoms with Gasteiger partial charge in [0.1, 0.15) is 6.29 Å². The van der Waals surface area contributed by atoms with Crippen LogP contribution in [0.25, 0.3) is 0 Å². The number of aldehydes is 1. The van der Waals surface area contributed by atoms with Crippen molar-refractivity contribution in [1.29, 1.82) is 0 Å². The van der Waals surface area contributed by atoms with Crippen molar-refractivity contribution in [3.05, 3.63) is 34.9 Å². The number of hydrogen-bond donors (Lipinski definition) is 3. The van der Waals surface area contributed by atoms with Crippen molar-refractivity contribution in [2.24, 2.45) is 21.7 Å². The van der Waals surface area contributed by atoms with E-state index in [1.165, 1.54) is 37.7 Å². The van der Waals surface area contributed by atoms with Gasteiger partial charge in [-0.05, 0) is 75.5 Å². The molecule has 258 valence electrons. The fourth-order valence-corrected chi connectivity index (χ4v) is 5.28. The molecule has 0 spiro atoms. The van der Waals surface area contributed by atoms with Gasteiger partial charge in [-0.2, -0.15) is 0 Å². The number of guanidine groups is 1. The van der Waals surface area contributed by atoms with Gasteiger partial charge >= 0.3 is 0 Å². The molecule has 2 fully saturated rings. The second-order valence-corrected chi connectivity index (χ2v) is 14.7. The number of halogens is 1. The molecule has 7 nitrogen and oxygen atoms in total. The molecule has 0 bridgehead atoms. The van der Waals surface area contributed by atoms with Crippen molar-refractivity contribution in [2.45, 2.75) is 132 Å². The van der Waals surface area contributed by atoms with E-state index in [4.69, 9.17) is 16.7 Å². The Morgan fingerprint density at radius 2 is 1.73 bits per heavy atom. The highest BCUT2D eigenvalue weighted by molar-refractivity contribution is 6.30. The SMILES string of the molecule is CC1(C)CCC(NC(=O)C(C)(C)CO)CC1.CCC(C)C=O.CCCCCC.Clc1ccc(C2CCN(C3=NCCN3)C2)cc1. The zero-order valence-corrected chi connectivity index (χ0v) is 30.5. The zero-order valence-electron chi connectivity index (χ0n) is 29.8. The molecule has 2 atom stereocenters. The van der Waals surface area contributed by atoms with Crippen LogP contribution in [-0.2, 0) is 9.59 Å². The lowest BCUT2D eigenvalue weighted by Crippen LogP contribution is -2.46. The number of aliphatic hydroxyl groups is 1. The van der Waals surface area contributed by atoms with Crippen molar-refractivity contribution in [2.75, 3.05) is 32.8 Å². The minimum Gasteiger partial charge on any atom is -0.395 e. The molecule has 4 rings (SSSR count). The highest BCUT2D eigenvalue weighted by Gasteiger charge is 2.32. The molecule has 45 heavy (non-hydrogen) atoms. The van der Waals surface area contributed by atoms with E-state index in [1.54, 1.807) is 13.8 Å². The molecule has 1 aliphatic carbocycles. The minimum atomic E-state index is -0.660. The molecule has 1 saturated heterocycles. The monoisotopic (exact) mass is 648 g/mol. The first-order valence-electron chi connectivity index (χ1n) is 17.5. The number of carbonyl (C=O) groups is 2. The van der Waals surface area contributed by atoms with E-state index in [0.29, 0.717) is 17.4 Å². The third-order valence-electron chi connectivity index (χ3n) is 9.00. The van der Waals surface area contributed by atoms with Crippen LogP contribution in [0, 0.1) is 16.7 Å². The summed E-state index contributed by atoms with van der Waals surface area (Å²) in [5.41, 5.74) is 1.15. The maximum Gasteiger partial charge on any atom is 0.228 e. The van der Waals surface area contributed by atoms with Crippen LogP contribution in [0.15, 0.2) is 29.3 Å². The number of likely N-dealkylation sites (tertiary alicyclic amines) is 1. The van der Waals surface area contributed by atoms with Crippen LogP contribution in [0.2, 0.25) is 5.02 Å². The molecule has 2 aliphatic heterocycles. The van der Waals surface area contributed by atoms with Gasteiger partial charge in [0, 0.05) is 42.5 Å². The highest BCUT2D eigenvalue weighted by atomic mass is 35.5. The van der Waals surface area contributed by atoms with Crippen molar-refractivity contribution in [3.8, 4) is 0 Å². The molecule has 1 saturated carbocycles. The van der Waals surface area contributed by atoms with Crippen molar-refractivity contribution >= 4 is 29.8 Å². The maximum absolute atomic E-state index is 11.9. The fraction of sp³-hybridized carbons (Fsp3) is 0.757. The quantitative estimate of drug-likeness (QED) is 0.186. The first-order valence-corrected chi connectivity index (χ1v) is 17.9. The average Bonchev–Trinajstić information content (AvgIpc) is 3.75. The molecule has 1 aromatic carbocycles. The van der Waals surface area contributed by atoms with Crippen LogP contribution >= 0.6 is 11.6 Å². The average molecular weight is 649 g/mol. The van der Waals surface area contributed by atoms with Crippen LogP contribution in [0.4, 0.5) is 0 Å². The van der Waals surface area contributed by atoms with Gasteiger partial charge in [-0.25, -0.2) is 0 Å². The third kappa shape index (κ3) is 16.3. The Labute approximate surface area is 280 Å². The molecule has 1 aromatic rings. The highest BCUT2D eigenvalue weighted by Crippen LogP contribution is 2.35. The van der Waals surface area contributed by atoms with Gasteiger partial charge in [-0.15, -0.1) is 0 Å². The van der Waals surface area contributed by atoms with Crippen LogP contribution in [0.1, 0.15) is 131 Å². The van der Waals surface area contributed by atoms with Gasteiger partial charge in [-0.3, -0.25) is 9.79 Å². The Morgan fingerprint density at radius 1 is 1.13 bits per heavy atom. The Bertz CT molecular complexity index is 982. The fourth-order valence-electron chi connectivity index (χ4n) is 5.15. The molecule has 2 unspecified atom stereocenters. The number of benzene rings is 1. The summed E-state index contributed by atoms with van der Waals surface area (Å²) in [5.74, 6) is 1.92. The molecule has 3 aliphatic rings. The smallest absolute Gasteiger partial charge is 0.228 e. The lowest BCUT2D eigenvalue weighted by molar-refractivity contribution is -0.132. The molecule has 3 N–H and O–H groups in total. The Kier molecular flexibility index (Phi) is 19.7. The normalized spacial score (nSPS) is 19.7. The summed E-state index contributed by atoms with van der Waals surface area (Å²) in [4.78, 5) is 28.4. The Hall–Kier alpha value is -2.12. The van der Waals surface area contributed by atoms with Gasteiger partial charge in [0.15, 0.2) is 5.96 Å². The molecule has 0 radical (unpaired) electrons. The second kappa shape index (κ2) is 21.6. The molecule has 0 aromatic heterocycles. The largest absolute Gasteiger partial charge is 0.395 e. The van der Waals surface area contributed by atoms with E-state index in [-0.39, 0.29) is 18.4 Å². The summed E-state index contributed by atoms with van der Waals surface area (Å²) in [6.45, 7) is 20.4. The van der Waals surface area contributed by atoms with Gasteiger partial charge in [0.05, 0.1) is 18.6 Å². The summed E-state index contributed by atoms with van der Waals surface area (Å²) in [7, 11) is 0. The maximum atomic E-state index is 11.9. The third-order valence-corrected chi connectivity index (χ3v) is 9.26. The Balaban J connectivity index is 0.000000335. The van der Waals surface area contributed by atoms with E-state index in [0.717, 1.165) is 75.6 Å². The van der Waals surface area contributed by atoms with Gasteiger partial charge < -0.3 is 25.4 Å². The number of unbranched alkanes of at least 4 members (excludes halogenated alkanes) is 3. The topological polar surface area (TPSA) is 94.0 Å². The van der Waals surface area contributed by atoms with Crippen LogP contribution < -0.4 is 10.6 Å². The number of nitrogens with zero attached hydrogens (tertiary/aromatic N) is 2. The van der Waals surface area contributed by atoms with Crippen LogP contribution in [0.5, 0.6) is 0 Å². The summed E-state index contributed by atoms with van der Waals surface area (Å²) >= 11 is 5.91. The summed E-state index contributed by atoms with van der Waals surface area (Å²) in [6, 6.07) is 8.53. The second-order valence-electron chi connectivity index (χ2n) is 14.3. The van der Waals surface area contributed by atoms with E-state index in [2.05, 4.69) is 60.4 Å². The number of hydrogen-bond acceptors (Lipinski definition) is 6. The molecular weight excluding hydrogens is 584 g/mol. The predicted molar refractivity (Wildman–Crippen MR) is 191 cm³/mol. The van der Waals surface area contributed by atoms with E-state index >= 15 is 0 Å². The number of nitrogens with one attached hydrogen (secondary N) is 2. The number of amides is 1. The standard InChI is InChI=1S/C13H16ClN3.C13H25NO2.C6H14.C5H10O/c14-12-3-1-10(2-4-12)11-5-8-17(9-11)13-15-6-7-16-13;1-12(2)7-5-10(6-8-12)14-11(16)13(3,4)9-15;1-3-5-6-4-2;1-3-5(2)4-6/h1-4,11H,5-9H2,(H,15,16);10,15H,5-9H2,1-4H3,(H,14,16);3-6H2,1-2H3;4-5H,3H2,1-2H3. The number of carbonyl (C=O) groups excluding carboxylic acids is 2. The van der Waals surface area contributed by atoms with E-state index < -0.39 is 5.41 Å². The number of rotatable bonds is 9. The summed E-state index contributed by atoms with van der Waals surface area (Å²) in [6.07, 6.45) is 13.1.